The van der Waals surface area contributed by atoms with Gasteiger partial charge in [-0.1, -0.05) is 12.1 Å². The third kappa shape index (κ3) is 3.18. The van der Waals surface area contributed by atoms with Crippen molar-refractivity contribution >= 4 is 9.84 Å². The Hall–Kier alpha value is -1.73. The largest absolute Gasteiger partial charge is 0.326 e. The number of benzene rings is 1. The van der Waals surface area contributed by atoms with Crippen molar-refractivity contribution in [1.82, 2.24) is 9.78 Å². The highest BCUT2D eigenvalue weighted by Crippen LogP contribution is 2.13. The van der Waals surface area contributed by atoms with Crippen LogP contribution in [0, 0.1) is 5.82 Å². The Bertz CT molecular complexity index is 695. The third-order valence-electron chi connectivity index (χ3n) is 2.72. The van der Waals surface area contributed by atoms with Crippen molar-refractivity contribution in [2.75, 3.05) is 6.26 Å². The molecule has 0 bridgehead atoms. The molecular formula is C12H14FN3O2S. The maximum Gasteiger partial charge on any atom is 0.178 e. The fourth-order valence-corrected chi connectivity index (χ4v) is 2.19. The zero-order valence-corrected chi connectivity index (χ0v) is 11.2. The molecule has 2 aromatic rings. The molecule has 0 unspecified atom stereocenters. The van der Waals surface area contributed by atoms with E-state index in [-0.39, 0.29) is 23.8 Å². The highest BCUT2D eigenvalue weighted by atomic mass is 32.2. The van der Waals surface area contributed by atoms with Gasteiger partial charge in [0.15, 0.2) is 9.84 Å². The quantitative estimate of drug-likeness (QED) is 0.905. The summed E-state index contributed by atoms with van der Waals surface area (Å²) in [4.78, 5) is 0.117. The Balaban J connectivity index is 2.24. The molecule has 0 fully saturated rings. The Morgan fingerprint density at radius 2 is 2.16 bits per heavy atom. The van der Waals surface area contributed by atoms with Gasteiger partial charge < -0.3 is 5.73 Å². The normalized spacial score (nSPS) is 11.7. The van der Waals surface area contributed by atoms with E-state index in [0.717, 1.165) is 6.26 Å². The SMILES string of the molecule is CS(=O)(=O)c1cnn(Cc2ccc(CN)cc2F)c1. The second-order valence-electron chi connectivity index (χ2n) is 4.28. The molecule has 1 aromatic heterocycles. The number of nitrogens with two attached hydrogens (primary N) is 1. The Morgan fingerprint density at radius 3 is 2.68 bits per heavy atom. The van der Waals surface area contributed by atoms with Crippen molar-refractivity contribution in [1.29, 1.82) is 0 Å². The van der Waals surface area contributed by atoms with Gasteiger partial charge >= 0.3 is 0 Å². The van der Waals surface area contributed by atoms with Crippen LogP contribution in [0.4, 0.5) is 4.39 Å². The molecule has 1 heterocycles. The molecule has 0 aliphatic carbocycles. The van der Waals surface area contributed by atoms with E-state index in [1.165, 1.54) is 23.1 Å². The van der Waals surface area contributed by atoms with Crippen molar-refractivity contribution in [3.05, 3.63) is 47.5 Å². The monoisotopic (exact) mass is 283 g/mol. The molecular weight excluding hydrogens is 269 g/mol. The smallest absolute Gasteiger partial charge is 0.178 e. The van der Waals surface area contributed by atoms with Gasteiger partial charge in [-0.3, -0.25) is 4.68 Å². The molecule has 102 valence electrons. The van der Waals surface area contributed by atoms with Crippen molar-refractivity contribution in [2.45, 2.75) is 18.0 Å². The number of halogens is 1. The summed E-state index contributed by atoms with van der Waals surface area (Å²) in [6.07, 6.45) is 3.73. The van der Waals surface area contributed by atoms with E-state index >= 15 is 0 Å². The summed E-state index contributed by atoms with van der Waals surface area (Å²) in [5, 5.41) is 3.91. The summed E-state index contributed by atoms with van der Waals surface area (Å²) < 4.78 is 37.8. The zero-order valence-electron chi connectivity index (χ0n) is 10.4. The molecule has 2 N–H and O–H groups in total. The van der Waals surface area contributed by atoms with Gasteiger partial charge in [-0.15, -0.1) is 0 Å². The van der Waals surface area contributed by atoms with E-state index < -0.39 is 9.84 Å². The van der Waals surface area contributed by atoms with Crippen molar-refractivity contribution in [3.8, 4) is 0 Å². The van der Waals surface area contributed by atoms with Crippen LogP contribution >= 0.6 is 0 Å². The predicted molar refractivity (Wildman–Crippen MR) is 68.7 cm³/mol. The standard InChI is InChI=1S/C12H14FN3O2S/c1-19(17,18)11-6-15-16(8-11)7-10-3-2-9(5-14)4-12(10)13/h2-4,6,8H,5,7,14H2,1H3. The minimum Gasteiger partial charge on any atom is -0.326 e. The van der Waals surface area contributed by atoms with Gasteiger partial charge in [0.2, 0.25) is 0 Å². The molecule has 0 spiro atoms. The first-order valence-electron chi connectivity index (χ1n) is 5.60. The molecule has 0 amide bonds. The van der Waals surface area contributed by atoms with Crippen molar-refractivity contribution in [2.24, 2.45) is 5.73 Å². The average Bonchev–Trinajstić information content (AvgIpc) is 2.80. The highest BCUT2D eigenvalue weighted by Gasteiger charge is 2.11. The van der Waals surface area contributed by atoms with E-state index in [1.807, 2.05) is 0 Å². The van der Waals surface area contributed by atoms with Crippen molar-refractivity contribution in [3.63, 3.8) is 0 Å². The minimum atomic E-state index is -3.29. The van der Waals surface area contributed by atoms with Gasteiger partial charge in [0.1, 0.15) is 10.7 Å². The molecule has 0 atom stereocenters. The highest BCUT2D eigenvalue weighted by molar-refractivity contribution is 7.90. The molecule has 0 saturated heterocycles. The van der Waals surface area contributed by atoms with Crippen molar-refractivity contribution < 1.29 is 12.8 Å². The lowest BCUT2D eigenvalue weighted by atomic mass is 10.1. The zero-order chi connectivity index (χ0) is 14.0. The van der Waals surface area contributed by atoms with E-state index in [1.54, 1.807) is 12.1 Å². The fraction of sp³-hybridized carbons (Fsp3) is 0.250. The maximum absolute atomic E-state index is 13.7. The van der Waals surface area contributed by atoms with Gasteiger partial charge in [0.05, 0.1) is 12.7 Å². The number of hydrogen-bond acceptors (Lipinski definition) is 4. The first-order valence-corrected chi connectivity index (χ1v) is 7.49. The average molecular weight is 283 g/mol. The number of sulfone groups is 1. The Labute approximate surface area is 110 Å². The topological polar surface area (TPSA) is 78.0 Å². The van der Waals surface area contributed by atoms with E-state index in [4.69, 9.17) is 5.73 Å². The summed E-state index contributed by atoms with van der Waals surface area (Å²) in [6, 6.07) is 4.73. The van der Waals surface area contributed by atoms with E-state index in [0.29, 0.717) is 11.1 Å². The van der Waals surface area contributed by atoms with Crippen LogP contribution in [0.3, 0.4) is 0 Å². The van der Waals surface area contributed by atoms with Gasteiger partial charge in [-0.25, -0.2) is 12.8 Å². The summed E-state index contributed by atoms with van der Waals surface area (Å²) in [7, 11) is -3.29. The summed E-state index contributed by atoms with van der Waals surface area (Å²) in [5.41, 5.74) is 6.56. The number of nitrogens with zero attached hydrogens (tertiary/aromatic N) is 2. The number of rotatable bonds is 4. The molecule has 0 radical (unpaired) electrons. The first-order chi connectivity index (χ1) is 8.90. The first kappa shape index (κ1) is 13.7. The molecule has 7 heteroatoms. The molecule has 0 aliphatic heterocycles. The van der Waals surface area contributed by atoms with Gasteiger partial charge in [0, 0.05) is 24.6 Å². The van der Waals surface area contributed by atoms with Gasteiger partial charge in [0.25, 0.3) is 0 Å². The minimum absolute atomic E-state index is 0.117. The Morgan fingerprint density at radius 1 is 1.42 bits per heavy atom. The molecule has 5 nitrogen and oxygen atoms in total. The summed E-state index contributed by atoms with van der Waals surface area (Å²) in [6.45, 7) is 0.448. The fourth-order valence-electron chi connectivity index (χ4n) is 1.64. The van der Waals surface area contributed by atoms with E-state index in [2.05, 4.69) is 5.10 Å². The Kier molecular flexibility index (Phi) is 3.68. The van der Waals surface area contributed by atoms with Crippen LogP contribution in [0.2, 0.25) is 0 Å². The number of hydrogen-bond donors (Lipinski definition) is 1. The lowest BCUT2D eigenvalue weighted by Crippen LogP contribution is -2.04. The van der Waals surface area contributed by atoms with Crippen LogP contribution in [-0.2, 0) is 22.9 Å². The maximum atomic E-state index is 13.7. The predicted octanol–water partition coefficient (Wildman–Crippen LogP) is 0.933. The molecule has 19 heavy (non-hydrogen) atoms. The van der Waals surface area contributed by atoms with Crippen LogP contribution < -0.4 is 5.73 Å². The summed E-state index contributed by atoms with van der Waals surface area (Å²) >= 11 is 0. The van der Waals surface area contributed by atoms with E-state index in [9.17, 15) is 12.8 Å². The second kappa shape index (κ2) is 5.10. The molecule has 2 rings (SSSR count). The van der Waals surface area contributed by atoms with Gasteiger partial charge in [-0.2, -0.15) is 5.10 Å². The third-order valence-corrected chi connectivity index (χ3v) is 3.79. The lowest BCUT2D eigenvalue weighted by molar-refractivity contribution is 0.582. The van der Waals surface area contributed by atoms with Crippen LogP contribution in [0.25, 0.3) is 0 Å². The molecule has 0 saturated carbocycles. The van der Waals surface area contributed by atoms with Crippen LogP contribution in [0.1, 0.15) is 11.1 Å². The van der Waals surface area contributed by atoms with Crippen LogP contribution in [0.15, 0.2) is 35.5 Å². The lowest BCUT2D eigenvalue weighted by Gasteiger charge is -2.05. The molecule has 1 aromatic carbocycles. The summed E-state index contributed by atoms with van der Waals surface area (Å²) in [5.74, 6) is -0.376. The second-order valence-corrected chi connectivity index (χ2v) is 6.29. The van der Waals surface area contributed by atoms with Crippen LogP contribution in [-0.4, -0.2) is 24.5 Å². The van der Waals surface area contributed by atoms with Gasteiger partial charge in [-0.05, 0) is 11.6 Å². The number of aromatic nitrogens is 2. The van der Waals surface area contributed by atoms with Crippen LogP contribution in [0.5, 0.6) is 0 Å². The molecule has 0 aliphatic rings.